The smallest absolute Gasteiger partial charge is 0.236 e. The molecule has 0 bridgehead atoms. The van der Waals surface area contributed by atoms with E-state index in [1.807, 2.05) is 25.3 Å². The molecule has 136 valence electrons. The van der Waals surface area contributed by atoms with E-state index in [9.17, 15) is 4.79 Å². The Balaban J connectivity index is 1.75. The van der Waals surface area contributed by atoms with Crippen LogP contribution in [0, 0.1) is 34.6 Å². The van der Waals surface area contributed by atoms with Crippen LogP contribution >= 0.6 is 23.1 Å². The van der Waals surface area contributed by atoms with Crippen LogP contribution in [-0.2, 0) is 4.79 Å². The number of hydrogen-bond donors (Lipinski definition) is 1. The highest BCUT2D eigenvalue weighted by molar-refractivity contribution is 7.99. The van der Waals surface area contributed by atoms with Gasteiger partial charge in [0.2, 0.25) is 5.91 Å². The topological polar surface area (TPSA) is 72.7 Å². The summed E-state index contributed by atoms with van der Waals surface area (Å²) < 4.78 is 2.00. The van der Waals surface area contributed by atoms with E-state index >= 15 is 0 Å². The third-order valence-electron chi connectivity index (χ3n) is 4.01. The maximum absolute atomic E-state index is 12.3. The van der Waals surface area contributed by atoms with Crippen molar-refractivity contribution in [1.29, 1.82) is 0 Å². The molecule has 0 radical (unpaired) electrons. The monoisotopic (exact) mass is 387 g/mol. The molecule has 0 aliphatic rings. The highest BCUT2D eigenvalue weighted by atomic mass is 32.2. The zero-order chi connectivity index (χ0) is 18.8. The van der Waals surface area contributed by atoms with E-state index in [1.54, 1.807) is 0 Å². The zero-order valence-corrected chi connectivity index (χ0v) is 17.1. The minimum Gasteiger partial charge on any atom is -0.301 e. The van der Waals surface area contributed by atoms with Crippen molar-refractivity contribution in [2.24, 2.45) is 0 Å². The minimum absolute atomic E-state index is 0.100. The number of thioether (sulfide) groups is 1. The van der Waals surface area contributed by atoms with Crippen molar-refractivity contribution in [3.63, 3.8) is 0 Å². The minimum atomic E-state index is -0.100. The van der Waals surface area contributed by atoms with Gasteiger partial charge in [0.15, 0.2) is 10.3 Å². The molecular weight excluding hydrogens is 366 g/mol. The summed E-state index contributed by atoms with van der Waals surface area (Å²) in [5, 5.41) is 12.6. The number of thiazole rings is 1. The van der Waals surface area contributed by atoms with Gasteiger partial charge >= 0.3 is 0 Å². The van der Waals surface area contributed by atoms with Crippen LogP contribution in [0.15, 0.2) is 23.4 Å². The summed E-state index contributed by atoms with van der Waals surface area (Å²) in [5.74, 6) is 0.949. The third-order valence-corrected chi connectivity index (χ3v) is 5.93. The van der Waals surface area contributed by atoms with Crippen LogP contribution < -0.4 is 5.32 Å². The average molecular weight is 388 g/mol. The molecule has 1 amide bonds. The number of amides is 1. The molecule has 3 rings (SSSR count). The molecule has 2 heterocycles. The number of nitrogens with one attached hydrogen (secondary N) is 1. The summed E-state index contributed by atoms with van der Waals surface area (Å²) in [4.78, 5) is 17.7. The largest absolute Gasteiger partial charge is 0.301 e. The number of nitrogens with zero attached hydrogens (tertiary/aromatic N) is 4. The summed E-state index contributed by atoms with van der Waals surface area (Å²) in [5.41, 5.74) is 4.30. The second kappa shape index (κ2) is 7.59. The molecule has 1 aromatic carbocycles. The van der Waals surface area contributed by atoms with Gasteiger partial charge in [-0.2, -0.15) is 0 Å². The van der Waals surface area contributed by atoms with Gasteiger partial charge in [-0.1, -0.05) is 23.9 Å². The molecular formula is C18H21N5OS2. The lowest BCUT2D eigenvalue weighted by Crippen LogP contribution is -2.14. The zero-order valence-electron chi connectivity index (χ0n) is 15.5. The van der Waals surface area contributed by atoms with Gasteiger partial charge in [-0.25, -0.2) is 4.98 Å². The number of carbonyl (C=O) groups is 1. The number of anilines is 1. The Labute approximate surface area is 161 Å². The van der Waals surface area contributed by atoms with Crippen LogP contribution in [0.5, 0.6) is 0 Å². The van der Waals surface area contributed by atoms with Crippen LogP contribution in [0.3, 0.4) is 0 Å². The molecule has 0 saturated heterocycles. The van der Waals surface area contributed by atoms with Crippen molar-refractivity contribution < 1.29 is 4.79 Å². The molecule has 8 heteroatoms. The highest BCUT2D eigenvalue weighted by Gasteiger charge is 2.16. The first-order valence-electron chi connectivity index (χ1n) is 8.21. The van der Waals surface area contributed by atoms with Crippen LogP contribution in [0.1, 0.15) is 27.5 Å². The maximum Gasteiger partial charge on any atom is 0.236 e. The molecule has 0 unspecified atom stereocenters. The summed E-state index contributed by atoms with van der Waals surface area (Å²) in [6.07, 6.45) is 0. The van der Waals surface area contributed by atoms with Crippen molar-refractivity contribution in [1.82, 2.24) is 19.7 Å². The SMILES string of the molecule is Cc1ccc(C)c(-n2c(C)nnc2SCC(=O)Nc2nc(C)c(C)s2)c1. The standard InChI is InChI=1S/C18H21N5OS2/c1-10-6-7-11(2)15(8-10)23-14(5)21-22-18(23)25-9-16(24)20-17-19-12(3)13(4)26-17/h6-8H,9H2,1-5H3,(H,19,20,24). The molecule has 6 nitrogen and oxygen atoms in total. The first kappa shape index (κ1) is 18.6. The maximum atomic E-state index is 12.3. The summed E-state index contributed by atoms with van der Waals surface area (Å²) >= 11 is 2.86. The van der Waals surface area contributed by atoms with E-state index in [-0.39, 0.29) is 11.7 Å². The number of carbonyl (C=O) groups excluding carboxylic acids is 1. The Morgan fingerprint density at radius 2 is 1.96 bits per heavy atom. The van der Waals surface area contributed by atoms with Crippen molar-refractivity contribution in [2.75, 3.05) is 11.1 Å². The second-order valence-electron chi connectivity index (χ2n) is 6.15. The fraction of sp³-hybridized carbons (Fsp3) is 0.333. The Bertz CT molecular complexity index is 941. The fourth-order valence-corrected chi connectivity index (χ4v) is 4.11. The van der Waals surface area contributed by atoms with Crippen molar-refractivity contribution in [3.8, 4) is 5.69 Å². The summed E-state index contributed by atoms with van der Waals surface area (Å²) in [6.45, 7) is 9.96. The van der Waals surface area contributed by atoms with Gasteiger partial charge in [0.05, 0.1) is 17.1 Å². The lowest BCUT2D eigenvalue weighted by Gasteiger charge is -2.12. The van der Waals surface area contributed by atoms with Crippen molar-refractivity contribution in [2.45, 2.75) is 39.8 Å². The Kier molecular flexibility index (Phi) is 5.43. The van der Waals surface area contributed by atoms with Crippen LogP contribution in [-0.4, -0.2) is 31.4 Å². The molecule has 0 spiro atoms. The van der Waals surface area contributed by atoms with E-state index < -0.39 is 0 Å². The van der Waals surface area contributed by atoms with Gasteiger partial charge in [-0.15, -0.1) is 21.5 Å². The van der Waals surface area contributed by atoms with Gasteiger partial charge in [-0.05, 0) is 51.8 Å². The first-order valence-corrected chi connectivity index (χ1v) is 10.0. The molecule has 0 aliphatic heterocycles. The van der Waals surface area contributed by atoms with Crippen molar-refractivity contribution in [3.05, 3.63) is 45.7 Å². The number of aryl methyl sites for hydroxylation is 5. The lowest BCUT2D eigenvalue weighted by atomic mass is 10.1. The van der Waals surface area contributed by atoms with Crippen LogP contribution in [0.25, 0.3) is 5.69 Å². The van der Waals surface area contributed by atoms with E-state index in [2.05, 4.69) is 52.5 Å². The molecule has 0 saturated carbocycles. The Morgan fingerprint density at radius 1 is 1.19 bits per heavy atom. The average Bonchev–Trinajstić information content (AvgIpc) is 3.10. The Hall–Kier alpha value is -2.19. The molecule has 26 heavy (non-hydrogen) atoms. The number of hydrogen-bond acceptors (Lipinski definition) is 6. The van der Waals surface area contributed by atoms with Gasteiger partial charge in [0, 0.05) is 4.88 Å². The van der Waals surface area contributed by atoms with E-state index in [0.29, 0.717) is 10.3 Å². The van der Waals surface area contributed by atoms with Gasteiger partial charge in [0.1, 0.15) is 5.82 Å². The molecule has 0 fully saturated rings. The third kappa shape index (κ3) is 3.96. The lowest BCUT2D eigenvalue weighted by molar-refractivity contribution is -0.113. The second-order valence-corrected chi connectivity index (χ2v) is 8.30. The summed E-state index contributed by atoms with van der Waals surface area (Å²) in [6, 6.07) is 6.27. The molecule has 0 aliphatic carbocycles. The predicted octanol–water partition coefficient (Wildman–Crippen LogP) is 4.00. The molecule has 2 aromatic heterocycles. The van der Waals surface area contributed by atoms with Crippen molar-refractivity contribution >= 4 is 34.1 Å². The predicted molar refractivity (Wildman–Crippen MR) is 107 cm³/mol. The molecule has 3 aromatic rings. The van der Waals surface area contributed by atoms with Gasteiger partial charge in [0.25, 0.3) is 0 Å². The summed E-state index contributed by atoms with van der Waals surface area (Å²) in [7, 11) is 0. The molecule has 1 N–H and O–H groups in total. The molecule has 0 atom stereocenters. The van der Waals surface area contributed by atoms with E-state index in [1.165, 1.54) is 28.7 Å². The number of rotatable bonds is 5. The van der Waals surface area contributed by atoms with Crippen LogP contribution in [0.4, 0.5) is 5.13 Å². The van der Waals surface area contributed by atoms with Gasteiger partial charge < -0.3 is 5.32 Å². The van der Waals surface area contributed by atoms with Gasteiger partial charge in [-0.3, -0.25) is 9.36 Å². The number of benzene rings is 1. The quantitative estimate of drug-likeness (QED) is 0.670. The van der Waals surface area contributed by atoms with E-state index in [4.69, 9.17) is 0 Å². The van der Waals surface area contributed by atoms with Crippen LogP contribution in [0.2, 0.25) is 0 Å². The normalized spacial score (nSPS) is 11.0. The Morgan fingerprint density at radius 3 is 2.65 bits per heavy atom. The highest BCUT2D eigenvalue weighted by Crippen LogP contribution is 2.26. The first-order chi connectivity index (χ1) is 12.3. The number of aromatic nitrogens is 4. The fourth-order valence-electron chi connectivity index (χ4n) is 2.49. The van der Waals surface area contributed by atoms with E-state index in [0.717, 1.165) is 27.6 Å².